The normalized spacial score (nSPS) is 21.9. The van der Waals surface area contributed by atoms with Crippen molar-refractivity contribution in [3.63, 3.8) is 0 Å². The third-order valence-corrected chi connectivity index (χ3v) is 6.08. The number of aromatic nitrogens is 5. The van der Waals surface area contributed by atoms with Crippen LogP contribution in [0, 0.1) is 6.92 Å². The third kappa shape index (κ3) is 3.98. The molecule has 0 saturated carbocycles. The minimum Gasteiger partial charge on any atom is -0.364 e. The second-order valence-corrected chi connectivity index (χ2v) is 8.26. The molecule has 0 unspecified atom stereocenters. The number of carbonyl (C=O) groups excluding carboxylic acids is 1. The first kappa shape index (κ1) is 21.2. The lowest BCUT2D eigenvalue weighted by molar-refractivity contribution is -0.141. The molecule has 1 amide bonds. The first-order chi connectivity index (χ1) is 15.8. The second-order valence-electron chi connectivity index (χ2n) is 8.26. The van der Waals surface area contributed by atoms with Crippen molar-refractivity contribution < 1.29 is 18.0 Å². The molecular weight excluding hydrogens is 435 g/mol. The fourth-order valence-corrected chi connectivity index (χ4v) is 4.67. The van der Waals surface area contributed by atoms with E-state index in [1.165, 1.54) is 0 Å². The minimum atomic E-state index is -4.54. The van der Waals surface area contributed by atoms with E-state index in [2.05, 4.69) is 30.2 Å². The molecule has 2 bridgehead atoms. The first-order valence-corrected chi connectivity index (χ1v) is 10.5. The maximum atomic E-state index is 13.6. The van der Waals surface area contributed by atoms with Gasteiger partial charge in [-0.1, -0.05) is 0 Å². The summed E-state index contributed by atoms with van der Waals surface area (Å²) in [7, 11) is 0. The van der Waals surface area contributed by atoms with Crippen molar-refractivity contribution in [2.75, 3.05) is 5.32 Å². The van der Waals surface area contributed by atoms with E-state index in [0.717, 1.165) is 24.6 Å². The van der Waals surface area contributed by atoms with Crippen molar-refractivity contribution in [2.24, 2.45) is 0 Å². The quantitative estimate of drug-likeness (QED) is 0.643. The van der Waals surface area contributed by atoms with Crippen LogP contribution in [-0.2, 0) is 6.18 Å². The number of anilines is 1. The maximum Gasteiger partial charge on any atom is 0.434 e. The number of hydrogen-bond acceptors (Lipinski definition) is 7. The van der Waals surface area contributed by atoms with Gasteiger partial charge in [-0.2, -0.15) is 13.2 Å². The highest BCUT2D eigenvalue weighted by Crippen LogP contribution is 2.40. The Morgan fingerprint density at radius 1 is 1.06 bits per heavy atom. The molecule has 2 saturated heterocycles. The van der Waals surface area contributed by atoms with Crippen molar-refractivity contribution in [1.29, 1.82) is 0 Å². The van der Waals surface area contributed by atoms with Gasteiger partial charge < -0.3 is 10.2 Å². The van der Waals surface area contributed by atoms with Gasteiger partial charge in [0.2, 0.25) is 0 Å². The van der Waals surface area contributed by atoms with E-state index in [0.29, 0.717) is 29.7 Å². The van der Waals surface area contributed by atoms with E-state index in [4.69, 9.17) is 0 Å². The summed E-state index contributed by atoms with van der Waals surface area (Å²) in [6.45, 7) is 1.89. The Morgan fingerprint density at radius 2 is 1.85 bits per heavy atom. The van der Waals surface area contributed by atoms with E-state index in [-0.39, 0.29) is 29.9 Å². The molecule has 3 aromatic heterocycles. The molecule has 11 heteroatoms. The van der Waals surface area contributed by atoms with Crippen LogP contribution in [-0.4, -0.2) is 53.9 Å². The molecule has 0 aliphatic carbocycles. The average Bonchev–Trinajstić information content (AvgIpc) is 3.37. The third-order valence-electron chi connectivity index (χ3n) is 6.08. The monoisotopic (exact) mass is 455 g/mol. The number of pyridine rings is 1. The number of alkyl halides is 3. The predicted octanol–water partition coefficient (Wildman–Crippen LogP) is 3.51. The van der Waals surface area contributed by atoms with Crippen molar-refractivity contribution in [3.05, 3.63) is 60.1 Å². The van der Waals surface area contributed by atoms with Gasteiger partial charge in [-0.05, 0) is 43.9 Å². The van der Waals surface area contributed by atoms with Gasteiger partial charge in [0.25, 0.3) is 5.91 Å². The van der Waals surface area contributed by atoms with E-state index in [1.54, 1.807) is 24.7 Å². The van der Waals surface area contributed by atoms with Gasteiger partial charge in [0.05, 0.1) is 30.0 Å². The van der Waals surface area contributed by atoms with Gasteiger partial charge in [-0.25, -0.2) is 19.9 Å². The lowest BCUT2D eigenvalue weighted by Crippen LogP contribution is -2.40. The van der Waals surface area contributed by atoms with Crippen LogP contribution in [0.2, 0.25) is 0 Å². The maximum absolute atomic E-state index is 13.6. The standard InChI is InChI=1S/C22H20F3N7O/c1-12-7-14(20-26-5-2-6-27-20)19(30-9-12)21(33)32-13-3-4-16(32)15(8-13)31-18-11-28-17(10-29-18)22(23,24)25/h2,5-7,9-11,13,15-16H,3-4,8H2,1H3,(H,29,31)/t13-,15-,16+/m1/s1. The van der Waals surface area contributed by atoms with Crippen LogP contribution in [0.5, 0.6) is 0 Å². The molecule has 33 heavy (non-hydrogen) atoms. The Morgan fingerprint density at radius 3 is 2.55 bits per heavy atom. The van der Waals surface area contributed by atoms with Gasteiger partial charge in [0.15, 0.2) is 11.5 Å². The molecule has 2 aliphatic heterocycles. The molecule has 3 atom stereocenters. The van der Waals surface area contributed by atoms with Crippen LogP contribution in [0.3, 0.4) is 0 Å². The number of hydrogen-bond donors (Lipinski definition) is 1. The summed E-state index contributed by atoms with van der Waals surface area (Å²) in [5.41, 5.74) is 0.710. The molecule has 3 aromatic rings. The number of rotatable bonds is 4. The van der Waals surface area contributed by atoms with Crippen LogP contribution >= 0.6 is 0 Å². The summed E-state index contributed by atoms with van der Waals surface area (Å²) in [5, 5.41) is 3.16. The topological polar surface area (TPSA) is 96.8 Å². The van der Waals surface area contributed by atoms with Crippen LogP contribution < -0.4 is 5.32 Å². The number of aryl methyl sites for hydroxylation is 1. The fraction of sp³-hybridized carbons (Fsp3) is 0.364. The van der Waals surface area contributed by atoms with Gasteiger partial charge in [0.1, 0.15) is 11.5 Å². The summed E-state index contributed by atoms with van der Waals surface area (Å²) in [6, 6.07) is 3.30. The molecule has 1 N–H and O–H groups in total. The Kier molecular flexibility index (Phi) is 5.18. The van der Waals surface area contributed by atoms with Crippen LogP contribution in [0.1, 0.15) is 41.0 Å². The Labute approximate surface area is 187 Å². The zero-order valence-corrected chi connectivity index (χ0v) is 17.6. The van der Waals surface area contributed by atoms with Crippen LogP contribution in [0.15, 0.2) is 43.1 Å². The smallest absolute Gasteiger partial charge is 0.364 e. The summed E-state index contributed by atoms with van der Waals surface area (Å²) in [6.07, 6.45) is 4.43. The molecular formula is C22H20F3N7O. The number of fused-ring (bicyclic) bond motifs is 2. The molecule has 5 heterocycles. The summed E-state index contributed by atoms with van der Waals surface area (Å²) >= 11 is 0. The zero-order chi connectivity index (χ0) is 23.2. The van der Waals surface area contributed by atoms with Crippen molar-refractivity contribution in [3.8, 4) is 11.4 Å². The number of nitrogens with zero attached hydrogens (tertiary/aromatic N) is 6. The minimum absolute atomic E-state index is 0.00931. The summed E-state index contributed by atoms with van der Waals surface area (Å²) in [5.74, 6) is 0.478. The van der Waals surface area contributed by atoms with Gasteiger partial charge in [-0.15, -0.1) is 0 Å². The lowest BCUT2D eigenvalue weighted by Gasteiger charge is -2.25. The average molecular weight is 455 g/mol. The Balaban J connectivity index is 1.38. The number of nitrogens with one attached hydrogen (secondary N) is 1. The highest BCUT2D eigenvalue weighted by molar-refractivity contribution is 5.99. The number of amides is 1. The SMILES string of the molecule is Cc1cnc(C(=O)N2[C@@H]3CC[C@H]2[C@H](Nc2cnc(C(F)(F)F)cn2)C3)c(-c2ncccn2)c1. The number of halogens is 3. The molecule has 0 radical (unpaired) electrons. The van der Waals surface area contributed by atoms with E-state index >= 15 is 0 Å². The highest BCUT2D eigenvalue weighted by atomic mass is 19.4. The molecule has 0 spiro atoms. The first-order valence-electron chi connectivity index (χ1n) is 10.5. The van der Waals surface area contributed by atoms with Crippen molar-refractivity contribution in [1.82, 2.24) is 29.8 Å². The van der Waals surface area contributed by atoms with Gasteiger partial charge >= 0.3 is 6.18 Å². The lowest BCUT2D eigenvalue weighted by atomic mass is 9.95. The number of carbonyl (C=O) groups is 1. The molecule has 2 aliphatic rings. The Hall–Kier alpha value is -3.63. The highest BCUT2D eigenvalue weighted by Gasteiger charge is 2.49. The predicted molar refractivity (Wildman–Crippen MR) is 112 cm³/mol. The van der Waals surface area contributed by atoms with E-state index in [1.807, 2.05) is 17.9 Å². The molecule has 2 fully saturated rings. The van der Waals surface area contributed by atoms with Crippen molar-refractivity contribution >= 4 is 11.7 Å². The van der Waals surface area contributed by atoms with E-state index in [9.17, 15) is 18.0 Å². The summed E-state index contributed by atoms with van der Waals surface area (Å²) < 4.78 is 38.2. The second kappa shape index (κ2) is 8.05. The summed E-state index contributed by atoms with van der Waals surface area (Å²) in [4.78, 5) is 35.7. The Bertz CT molecular complexity index is 1170. The van der Waals surface area contributed by atoms with E-state index < -0.39 is 11.9 Å². The van der Waals surface area contributed by atoms with Gasteiger partial charge in [-0.3, -0.25) is 9.78 Å². The zero-order valence-electron chi connectivity index (χ0n) is 17.6. The molecule has 5 rings (SSSR count). The van der Waals surface area contributed by atoms with Crippen LogP contribution in [0.4, 0.5) is 19.0 Å². The molecule has 0 aromatic carbocycles. The van der Waals surface area contributed by atoms with Gasteiger partial charge in [0, 0.05) is 24.6 Å². The molecule has 170 valence electrons. The van der Waals surface area contributed by atoms with Crippen LogP contribution in [0.25, 0.3) is 11.4 Å². The van der Waals surface area contributed by atoms with Crippen molar-refractivity contribution in [2.45, 2.75) is 50.5 Å². The molecule has 8 nitrogen and oxygen atoms in total. The largest absolute Gasteiger partial charge is 0.434 e. The fourth-order valence-electron chi connectivity index (χ4n) is 4.67.